The molecule has 4 amide bonds. The maximum atomic E-state index is 13.6. The molecule has 0 saturated carbocycles. The van der Waals surface area contributed by atoms with Crippen LogP contribution in [-0.2, 0) is 23.9 Å². The summed E-state index contributed by atoms with van der Waals surface area (Å²) in [5.74, 6) is -0.303. The molecule has 5 rings (SSSR count). The predicted octanol–water partition coefficient (Wildman–Crippen LogP) is 0.254. The van der Waals surface area contributed by atoms with E-state index in [0.717, 1.165) is 38.6 Å². The molecule has 196 valence electrons. The van der Waals surface area contributed by atoms with Gasteiger partial charge in [0.25, 0.3) is 0 Å². The van der Waals surface area contributed by atoms with Gasteiger partial charge in [-0.3, -0.25) is 24.1 Å². The summed E-state index contributed by atoms with van der Waals surface area (Å²) in [4.78, 5) is 58.5. The van der Waals surface area contributed by atoms with Crippen LogP contribution in [0.4, 0.5) is 0 Å². The number of hydrogen-bond donors (Lipinski definition) is 2. The Bertz CT molecular complexity index is 804. The SMILES string of the molecule is CCC[C@H]1NC(=O)CC2(CCN(C(=O)COC)CC2)NC(=O)[C@@H]2CCCN2C2CCN(CC2)C1=O. The van der Waals surface area contributed by atoms with Crippen LogP contribution in [0.1, 0.15) is 64.7 Å². The van der Waals surface area contributed by atoms with Crippen LogP contribution in [0.25, 0.3) is 0 Å². The molecule has 2 N–H and O–H groups in total. The first-order chi connectivity index (χ1) is 16.9. The predicted molar refractivity (Wildman–Crippen MR) is 129 cm³/mol. The summed E-state index contributed by atoms with van der Waals surface area (Å²) in [6, 6.07) is -0.447. The largest absolute Gasteiger partial charge is 0.375 e. The Morgan fingerprint density at radius 3 is 2.43 bits per heavy atom. The zero-order chi connectivity index (χ0) is 25.0. The lowest BCUT2D eigenvalue weighted by Gasteiger charge is -2.45. The fourth-order valence-electron chi connectivity index (χ4n) is 6.33. The third-order valence-electron chi connectivity index (χ3n) is 8.28. The number of methoxy groups -OCH3 is 1. The van der Waals surface area contributed by atoms with E-state index < -0.39 is 11.6 Å². The van der Waals surface area contributed by atoms with Crippen molar-refractivity contribution in [1.82, 2.24) is 25.3 Å². The van der Waals surface area contributed by atoms with Crippen molar-refractivity contribution in [3.63, 3.8) is 0 Å². The maximum absolute atomic E-state index is 13.6. The highest BCUT2D eigenvalue weighted by Crippen LogP contribution is 2.31. The van der Waals surface area contributed by atoms with Crippen molar-refractivity contribution in [3.8, 4) is 0 Å². The summed E-state index contributed by atoms with van der Waals surface area (Å²) in [5.41, 5.74) is -0.734. The Morgan fingerprint density at radius 1 is 1.06 bits per heavy atom. The van der Waals surface area contributed by atoms with Crippen LogP contribution in [0.5, 0.6) is 0 Å². The Hall–Kier alpha value is -2.20. The number of carbonyl (C=O) groups excluding carboxylic acids is 4. The third-order valence-corrected chi connectivity index (χ3v) is 8.28. The summed E-state index contributed by atoms with van der Waals surface area (Å²) in [5, 5.41) is 6.29. The zero-order valence-electron chi connectivity index (χ0n) is 21.2. The number of likely N-dealkylation sites (tertiary alicyclic amines) is 1. The molecule has 35 heavy (non-hydrogen) atoms. The van der Waals surface area contributed by atoms with Gasteiger partial charge in [0.2, 0.25) is 23.6 Å². The summed E-state index contributed by atoms with van der Waals surface area (Å²) in [7, 11) is 1.50. The van der Waals surface area contributed by atoms with E-state index in [-0.39, 0.29) is 42.7 Å². The third kappa shape index (κ3) is 5.80. The Morgan fingerprint density at radius 2 is 1.77 bits per heavy atom. The highest BCUT2D eigenvalue weighted by Gasteiger charge is 2.44. The number of hydrogen-bond acceptors (Lipinski definition) is 6. The molecular formula is C25H41N5O5. The number of nitrogens with one attached hydrogen (secondary N) is 2. The van der Waals surface area contributed by atoms with Gasteiger partial charge in [-0.2, -0.15) is 0 Å². The van der Waals surface area contributed by atoms with E-state index >= 15 is 0 Å². The molecular weight excluding hydrogens is 450 g/mol. The topological polar surface area (TPSA) is 111 Å². The fraction of sp³-hybridized carbons (Fsp3) is 0.840. The number of rotatable bonds is 4. The molecule has 5 aliphatic rings. The normalized spacial score (nSPS) is 28.6. The van der Waals surface area contributed by atoms with Crippen molar-refractivity contribution >= 4 is 23.6 Å². The molecule has 5 heterocycles. The lowest BCUT2D eigenvalue weighted by Crippen LogP contribution is -2.63. The van der Waals surface area contributed by atoms with Crippen molar-refractivity contribution in [2.45, 2.75) is 88.4 Å². The van der Waals surface area contributed by atoms with Crippen LogP contribution in [0.3, 0.4) is 0 Å². The van der Waals surface area contributed by atoms with Gasteiger partial charge < -0.3 is 25.2 Å². The van der Waals surface area contributed by atoms with Crippen LogP contribution in [0.2, 0.25) is 0 Å². The number of ether oxygens (including phenoxy) is 1. The monoisotopic (exact) mass is 491 g/mol. The summed E-state index contributed by atoms with van der Waals surface area (Å²) >= 11 is 0. The molecule has 5 fully saturated rings. The van der Waals surface area contributed by atoms with Crippen molar-refractivity contribution in [2.75, 3.05) is 46.4 Å². The van der Waals surface area contributed by atoms with E-state index in [9.17, 15) is 19.2 Å². The molecule has 0 aromatic heterocycles. The van der Waals surface area contributed by atoms with Crippen LogP contribution in [-0.4, -0.2) is 108 Å². The maximum Gasteiger partial charge on any atom is 0.248 e. The van der Waals surface area contributed by atoms with Gasteiger partial charge in [-0.25, -0.2) is 0 Å². The van der Waals surface area contributed by atoms with Gasteiger partial charge in [0.05, 0.1) is 11.6 Å². The van der Waals surface area contributed by atoms with Gasteiger partial charge in [-0.15, -0.1) is 0 Å². The minimum absolute atomic E-state index is 0.00625. The van der Waals surface area contributed by atoms with Gasteiger partial charge in [-0.1, -0.05) is 13.3 Å². The molecule has 10 heteroatoms. The van der Waals surface area contributed by atoms with E-state index in [1.54, 1.807) is 4.90 Å². The summed E-state index contributed by atoms with van der Waals surface area (Å²) < 4.78 is 4.99. The van der Waals surface area contributed by atoms with Gasteiger partial charge in [-0.05, 0) is 51.5 Å². The van der Waals surface area contributed by atoms with Crippen molar-refractivity contribution in [3.05, 3.63) is 0 Å². The molecule has 2 atom stereocenters. The van der Waals surface area contributed by atoms with Crippen molar-refractivity contribution in [2.24, 2.45) is 0 Å². The highest BCUT2D eigenvalue weighted by atomic mass is 16.5. The molecule has 0 aromatic carbocycles. The van der Waals surface area contributed by atoms with E-state index in [2.05, 4.69) is 15.5 Å². The van der Waals surface area contributed by atoms with Crippen LogP contribution >= 0.6 is 0 Å². The standard InChI is InChI=1S/C25H41N5O5/c1-3-5-19-24(34)29-12-7-18(8-13-29)30-11-4-6-20(30)23(33)27-25(16-21(31)26-19)9-14-28(15-10-25)22(32)17-35-2/h18-20H,3-17H2,1-2H3,(H,26,31)(H,27,33)/t19-,20+/m1/s1. The van der Waals surface area contributed by atoms with Crippen LogP contribution in [0, 0.1) is 0 Å². The summed E-state index contributed by atoms with van der Waals surface area (Å²) in [6.07, 6.45) is 5.97. The van der Waals surface area contributed by atoms with Gasteiger partial charge >= 0.3 is 0 Å². The Labute approximate surface area is 208 Å². The molecule has 0 aromatic rings. The molecule has 0 aliphatic carbocycles. The Kier molecular flexibility index (Phi) is 8.31. The molecule has 0 radical (unpaired) electrons. The number of piperidine rings is 2. The number of nitrogens with zero attached hydrogens (tertiary/aromatic N) is 3. The second-order valence-corrected chi connectivity index (χ2v) is 10.6. The molecule has 0 unspecified atom stereocenters. The molecule has 5 aliphatic heterocycles. The lowest BCUT2D eigenvalue weighted by molar-refractivity contribution is -0.141. The van der Waals surface area contributed by atoms with Gasteiger partial charge in [0.1, 0.15) is 12.6 Å². The Balaban J connectivity index is 1.58. The van der Waals surface area contributed by atoms with Gasteiger partial charge in [0, 0.05) is 45.8 Å². The van der Waals surface area contributed by atoms with Crippen molar-refractivity contribution in [1.29, 1.82) is 0 Å². The van der Waals surface area contributed by atoms with E-state index in [4.69, 9.17) is 4.74 Å². The minimum Gasteiger partial charge on any atom is -0.375 e. The first-order valence-corrected chi connectivity index (χ1v) is 13.3. The van der Waals surface area contributed by atoms with E-state index in [1.165, 1.54) is 7.11 Å². The smallest absolute Gasteiger partial charge is 0.248 e. The fourth-order valence-corrected chi connectivity index (χ4v) is 6.33. The number of fused-ring (bicyclic) bond motifs is 7. The highest BCUT2D eigenvalue weighted by molar-refractivity contribution is 5.89. The van der Waals surface area contributed by atoms with Crippen molar-refractivity contribution < 1.29 is 23.9 Å². The first kappa shape index (κ1) is 25.9. The minimum atomic E-state index is -0.734. The number of carbonyl (C=O) groups is 4. The zero-order valence-corrected chi connectivity index (χ0v) is 21.2. The van der Waals surface area contributed by atoms with Crippen LogP contribution in [0.15, 0.2) is 0 Å². The number of amides is 4. The van der Waals surface area contributed by atoms with E-state index in [1.807, 2.05) is 11.8 Å². The average molecular weight is 492 g/mol. The second-order valence-electron chi connectivity index (χ2n) is 10.6. The first-order valence-electron chi connectivity index (χ1n) is 13.3. The van der Waals surface area contributed by atoms with Crippen LogP contribution < -0.4 is 10.6 Å². The lowest BCUT2D eigenvalue weighted by atomic mass is 9.83. The second kappa shape index (κ2) is 11.2. The average Bonchev–Trinajstić information content (AvgIpc) is 3.34. The molecule has 2 bridgehead atoms. The molecule has 1 spiro atoms. The molecule has 10 nitrogen and oxygen atoms in total. The van der Waals surface area contributed by atoms with E-state index in [0.29, 0.717) is 51.5 Å². The quantitative estimate of drug-likeness (QED) is 0.584. The van der Waals surface area contributed by atoms with Gasteiger partial charge in [0.15, 0.2) is 0 Å². The molecule has 5 saturated heterocycles. The summed E-state index contributed by atoms with van der Waals surface area (Å²) in [6.45, 7) is 5.17.